The summed E-state index contributed by atoms with van der Waals surface area (Å²) in [5.41, 5.74) is 8.03. The Morgan fingerprint density at radius 3 is 2.14 bits per heavy atom. The van der Waals surface area contributed by atoms with Crippen LogP contribution in [0.3, 0.4) is 0 Å². The highest BCUT2D eigenvalue weighted by Crippen LogP contribution is 2.44. The number of aryl methyl sites for hydroxylation is 3. The van der Waals surface area contributed by atoms with Crippen molar-refractivity contribution in [3.63, 3.8) is 0 Å². The van der Waals surface area contributed by atoms with Crippen molar-refractivity contribution < 1.29 is 38.0 Å². The highest BCUT2D eigenvalue weighted by Gasteiger charge is 2.42. The zero-order valence-corrected chi connectivity index (χ0v) is 44.1. The smallest absolute Gasteiger partial charge is 0.274 e. The summed E-state index contributed by atoms with van der Waals surface area (Å²) < 4.78 is 41.3. The molecule has 15 nitrogen and oxygen atoms in total. The molecule has 1 N–H and O–H groups in total. The third-order valence-electron chi connectivity index (χ3n) is 15.0. The SMILES string of the molecule is COc1cc2c(cc1OC(C)C)-n1c(-c3ccn[nH]3)nc(C(=O)N3CCOCC3(C)CCC(C)Oc3cc4c(cc3OC)CCc3c(C(=O)C5CCCOCC(C)(C)CC5)nc(-c5cc(C)cs5)n3-4)c1CC2. The van der Waals surface area contributed by atoms with Gasteiger partial charge in [0.05, 0.1) is 79.4 Å². The Kier molecular flexibility index (Phi) is 13.9. The number of hydrogen-bond donors (Lipinski definition) is 1. The Morgan fingerprint density at radius 1 is 0.819 bits per heavy atom. The van der Waals surface area contributed by atoms with E-state index in [2.05, 4.69) is 77.5 Å². The van der Waals surface area contributed by atoms with Gasteiger partial charge in [-0.1, -0.05) is 13.8 Å². The van der Waals surface area contributed by atoms with Gasteiger partial charge in [0, 0.05) is 37.4 Å². The standard InChI is InChI=1S/C56H69N7O8S/c1-33(2)70-46-28-42-37(26-44(46)66-8)13-15-41-50(59-52(62(41)42)39-18-21-57-60-39)54(65)61-22-24-69-32-56(61,7)20-16-35(4)71-47-29-43-38(27-45(47)67-9)12-14-40-49(58-53(63(40)43)48-25-34(3)30-72-48)51(64)36-11-10-23-68-31-55(5,6)19-17-36/h18,21,25-30,33,35-36H,10-17,19-20,22-24,31-32H2,1-9H3,(H,57,60). The fourth-order valence-electron chi connectivity index (χ4n) is 11.1. The number of morpholine rings is 1. The largest absolute Gasteiger partial charge is 0.493 e. The highest BCUT2D eigenvalue weighted by atomic mass is 32.1. The van der Waals surface area contributed by atoms with E-state index in [1.807, 2.05) is 36.9 Å². The van der Waals surface area contributed by atoms with Gasteiger partial charge in [0.25, 0.3) is 5.91 Å². The van der Waals surface area contributed by atoms with E-state index in [-0.39, 0.29) is 35.2 Å². The van der Waals surface area contributed by atoms with Gasteiger partial charge < -0.3 is 33.3 Å². The second-order valence-electron chi connectivity index (χ2n) is 21.5. The molecule has 8 heterocycles. The average molecular weight is 1000 g/mol. The van der Waals surface area contributed by atoms with Gasteiger partial charge in [0.15, 0.2) is 46.1 Å². The van der Waals surface area contributed by atoms with Crippen LogP contribution < -0.4 is 18.9 Å². The Morgan fingerprint density at radius 2 is 1.49 bits per heavy atom. The lowest BCUT2D eigenvalue weighted by Crippen LogP contribution is -2.57. The number of fused-ring (bicyclic) bond motifs is 6. The van der Waals surface area contributed by atoms with Crippen LogP contribution in [0.1, 0.15) is 129 Å². The molecule has 1 amide bonds. The van der Waals surface area contributed by atoms with Gasteiger partial charge in [-0.05, 0) is 151 Å². The molecule has 2 fully saturated rings. The van der Waals surface area contributed by atoms with Crippen molar-refractivity contribution in [1.29, 1.82) is 0 Å². The molecule has 0 radical (unpaired) electrons. The quantitative estimate of drug-likeness (QED) is 0.104. The number of methoxy groups -OCH3 is 2. The summed E-state index contributed by atoms with van der Waals surface area (Å²) in [6.45, 7) is 17.3. The monoisotopic (exact) mass is 999 g/mol. The molecule has 382 valence electrons. The van der Waals surface area contributed by atoms with E-state index < -0.39 is 5.54 Å². The molecule has 2 saturated heterocycles. The molecule has 4 aliphatic heterocycles. The molecule has 4 aliphatic rings. The van der Waals surface area contributed by atoms with Crippen molar-refractivity contribution in [3.05, 3.63) is 87.4 Å². The molecule has 0 aliphatic carbocycles. The van der Waals surface area contributed by atoms with Crippen molar-refractivity contribution in [1.82, 2.24) is 34.2 Å². The Labute approximate surface area is 426 Å². The van der Waals surface area contributed by atoms with Crippen LogP contribution in [0.25, 0.3) is 33.6 Å². The van der Waals surface area contributed by atoms with Gasteiger partial charge in [-0.2, -0.15) is 5.10 Å². The van der Waals surface area contributed by atoms with Crippen LogP contribution in [0.2, 0.25) is 0 Å². The van der Waals surface area contributed by atoms with Crippen LogP contribution >= 0.6 is 11.3 Å². The number of rotatable bonds is 14. The zero-order valence-electron chi connectivity index (χ0n) is 43.3. The van der Waals surface area contributed by atoms with Crippen molar-refractivity contribution in [2.45, 2.75) is 130 Å². The van der Waals surface area contributed by atoms with E-state index >= 15 is 4.79 Å². The lowest BCUT2D eigenvalue weighted by molar-refractivity contribution is -0.0520. The first-order chi connectivity index (χ1) is 34.6. The number of Topliss-reactive ketones (excluding diaryl/α,β-unsaturated/α-hetero) is 1. The van der Waals surface area contributed by atoms with Crippen LogP contribution in [0, 0.1) is 18.3 Å². The summed E-state index contributed by atoms with van der Waals surface area (Å²) in [7, 11) is 3.33. The molecule has 16 heteroatoms. The Hall–Kier alpha value is -5.97. The fraction of sp³-hybridized carbons (Fsp3) is 0.518. The Balaban J connectivity index is 0.925. The minimum atomic E-state index is -0.656. The number of aromatic amines is 1. The summed E-state index contributed by atoms with van der Waals surface area (Å²) in [6.07, 6.45) is 8.69. The number of thiophene rings is 1. The normalized spacial score (nSPS) is 20.0. The van der Waals surface area contributed by atoms with Crippen molar-refractivity contribution >= 4 is 23.0 Å². The van der Waals surface area contributed by atoms with Crippen LogP contribution in [0.4, 0.5) is 0 Å². The van der Waals surface area contributed by atoms with E-state index in [9.17, 15) is 4.79 Å². The van der Waals surface area contributed by atoms with Crippen LogP contribution in [0.5, 0.6) is 23.0 Å². The summed E-state index contributed by atoms with van der Waals surface area (Å²) in [6, 6.07) is 12.2. The van der Waals surface area contributed by atoms with Gasteiger partial charge in [-0.15, -0.1) is 11.3 Å². The number of nitrogens with one attached hydrogen (secondary N) is 1. The molecule has 6 aromatic rings. The zero-order chi connectivity index (χ0) is 50.5. The maximum Gasteiger partial charge on any atom is 0.274 e. The van der Waals surface area contributed by atoms with E-state index in [1.54, 1.807) is 31.8 Å². The molecule has 3 unspecified atom stereocenters. The number of imidazole rings is 2. The summed E-state index contributed by atoms with van der Waals surface area (Å²) in [5.74, 6) is 3.82. The topological polar surface area (TPSA) is 157 Å². The molecule has 72 heavy (non-hydrogen) atoms. The first-order valence-electron chi connectivity index (χ1n) is 25.7. The molecule has 3 atom stereocenters. The number of carbonyl (C=O) groups excluding carboxylic acids is 2. The number of H-pyrrole nitrogens is 1. The van der Waals surface area contributed by atoms with E-state index in [4.69, 9.17) is 38.4 Å². The molecule has 0 spiro atoms. The second-order valence-corrected chi connectivity index (χ2v) is 22.4. The molecular formula is C56H69N7O8S. The van der Waals surface area contributed by atoms with E-state index in [1.165, 1.54) is 0 Å². The number of hydrogen-bond acceptors (Lipinski definition) is 12. The van der Waals surface area contributed by atoms with Crippen LogP contribution in [-0.2, 0) is 35.2 Å². The summed E-state index contributed by atoms with van der Waals surface area (Å²) >= 11 is 1.65. The highest BCUT2D eigenvalue weighted by molar-refractivity contribution is 7.13. The predicted molar refractivity (Wildman–Crippen MR) is 277 cm³/mol. The van der Waals surface area contributed by atoms with E-state index in [0.29, 0.717) is 111 Å². The summed E-state index contributed by atoms with van der Waals surface area (Å²) in [4.78, 5) is 43.2. The van der Waals surface area contributed by atoms with Gasteiger partial charge >= 0.3 is 0 Å². The molecule has 10 rings (SSSR count). The van der Waals surface area contributed by atoms with Crippen LogP contribution in [0.15, 0.2) is 48.0 Å². The molecule has 4 aromatic heterocycles. The fourth-order valence-corrected chi connectivity index (χ4v) is 12.0. The van der Waals surface area contributed by atoms with Crippen molar-refractivity contribution in [2.24, 2.45) is 11.3 Å². The number of amides is 1. The van der Waals surface area contributed by atoms with Gasteiger partial charge in [0.1, 0.15) is 11.4 Å². The number of nitrogens with zero attached hydrogens (tertiary/aromatic N) is 6. The van der Waals surface area contributed by atoms with Gasteiger partial charge in [-0.3, -0.25) is 23.8 Å². The van der Waals surface area contributed by atoms with Crippen molar-refractivity contribution in [2.75, 3.05) is 47.2 Å². The lowest BCUT2D eigenvalue weighted by Gasteiger charge is -2.45. The third-order valence-corrected chi connectivity index (χ3v) is 16.0. The minimum Gasteiger partial charge on any atom is -0.493 e. The maximum absolute atomic E-state index is 15.1. The van der Waals surface area contributed by atoms with Crippen LogP contribution in [-0.4, -0.2) is 111 Å². The minimum absolute atomic E-state index is 0.00499. The molecule has 0 saturated carbocycles. The Bertz CT molecular complexity index is 2970. The molecule has 2 aromatic carbocycles. The second kappa shape index (κ2) is 20.1. The van der Waals surface area contributed by atoms with Gasteiger partial charge in [-0.25, -0.2) is 9.97 Å². The maximum atomic E-state index is 15.1. The summed E-state index contributed by atoms with van der Waals surface area (Å²) in [5, 5.41) is 9.47. The lowest BCUT2D eigenvalue weighted by atomic mass is 9.82. The number of benzene rings is 2. The number of carbonyl (C=O) groups is 2. The van der Waals surface area contributed by atoms with Crippen molar-refractivity contribution in [3.8, 4) is 56.6 Å². The first kappa shape index (κ1) is 49.6. The van der Waals surface area contributed by atoms with E-state index in [0.717, 1.165) is 82.3 Å². The molecular weight excluding hydrogens is 931 g/mol. The first-order valence-corrected chi connectivity index (χ1v) is 26.6. The predicted octanol–water partition coefficient (Wildman–Crippen LogP) is 10.4. The third kappa shape index (κ3) is 9.57. The molecule has 0 bridgehead atoms. The average Bonchev–Trinajstić information content (AvgIpc) is 4.20. The van der Waals surface area contributed by atoms with Gasteiger partial charge in [0.2, 0.25) is 0 Å². The number of aromatic nitrogens is 6. The number of ketones is 1. The number of ether oxygens (including phenoxy) is 6.